The summed E-state index contributed by atoms with van der Waals surface area (Å²) in [5.74, 6) is -0.107. The molecule has 118 valence electrons. The van der Waals surface area contributed by atoms with Crippen molar-refractivity contribution >= 4 is 16.9 Å². The summed E-state index contributed by atoms with van der Waals surface area (Å²) in [5.41, 5.74) is 2.42. The van der Waals surface area contributed by atoms with Crippen LogP contribution in [0.25, 0.3) is 10.9 Å². The smallest absolute Gasteiger partial charge is 0.329 e. The van der Waals surface area contributed by atoms with Crippen molar-refractivity contribution in [1.82, 2.24) is 4.57 Å². The Hall–Kier alpha value is -1.77. The highest BCUT2D eigenvalue weighted by atomic mass is 16.5. The molecule has 1 fully saturated rings. The van der Waals surface area contributed by atoms with Gasteiger partial charge in [0.1, 0.15) is 12.1 Å². The predicted molar refractivity (Wildman–Crippen MR) is 89.0 cm³/mol. The number of ether oxygens (including phenoxy) is 1. The van der Waals surface area contributed by atoms with Crippen LogP contribution in [0.1, 0.15) is 57.6 Å². The molecule has 0 bridgehead atoms. The number of benzene rings is 1. The average molecular weight is 299 g/mol. The minimum absolute atomic E-state index is 0.107. The number of nitrogens with zero attached hydrogens (tertiary/aromatic N) is 1. The fourth-order valence-corrected chi connectivity index (χ4v) is 3.33. The van der Waals surface area contributed by atoms with Gasteiger partial charge in [0.15, 0.2) is 0 Å². The van der Waals surface area contributed by atoms with E-state index >= 15 is 0 Å². The molecule has 1 heterocycles. The van der Waals surface area contributed by atoms with Crippen LogP contribution in [0, 0.1) is 0 Å². The molecule has 3 nitrogen and oxygen atoms in total. The number of carbonyl (C=O) groups excluding carboxylic acids is 1. The summed E-state index contributed by atoms with van der Waals surface area (Å²) in [4.78, 5) is 12.4. The first-order valence-corrected chi connectivity index (χ1v) is 8.49. The van der Waals surface area contributed by atoms with Crippen LogP contribution in [0.4, 0.5) is 0 Å². The highest BCUT2D eigenvalue weighted by molar-refractivity contribution is 5.84. The van der Waals surface area contributed by atoms with Gasteiger partial charge in [0, 0.05) is 11.7 Å². The van der Waals surface area contributed by atoms with Crippen molar-refractivity contribution in [3.05, 3.63) is 36.0 Å². The third-order valence-corrected chi connectivity index (χ3v) is 4.79. The van der Waals surface area contributed by atoms with Crippen molar-refractivity contribution in [2.24, 2.45) is 0 Å². The highest BCUT2D eigenvalue weighted by Gasteiger charge is 2.23. The molecule has 0 saturated heterocycles. The van der Waals surface area contributed by atoms with Crippen LogP contribution in [-0.4, -0.2) is 16.6 Å². The summed E-state index contributed by atoms with van der Waals surface area (Å²) >= 11 is 0. The van der Waals surface area contributed by atoms with Crippen molar-refractivity contribution in [3.8, 4) is 0 Å². The molecule has 3 heteroatoms. The second kappa shape index (κ2) is 6.55. The number of hydrogen-bond donors (Lipinski definition) is 0. The van der Waals surface area contributed by atoms with Gasteiger partial charge < -0.3 is 9.30 Å². The maximum atomic E-state index is 12.4. The van der Waals surface area contributed by atoms with E-state index in [0.29, 0.717) is 0 Å². The van der Waals surface area contributed by atoms with Gasteiger partial charge in [-0.3, -0.25) is 0 Å². The number of esters is 1. The maximum absolute atomic E-state index is 12.4. The lowest BCUT2D eigenvalue weighted by atomic mass is 9.98. The SMILES string of the molecule is CCc1ccc2c(ccn2C(C)C(=O)OC2CCCCC2)c1. The van der Waals surface area contributed by atoms with E-state index in [1.54, 1.807) is 0 Å². The normalized spacial score (nSPS) is 17.5. The summed E-state index contributed by atoms with van der Waals surface area (Å²) in [7, 11) is 0. The molecule has 1 saturated carbocycles. The summed E-state index contributed by atoms with van der Waals surface area (Å²) in [6.07, 6.45) is 8.81. The second-order valence-corrected chi connectivity index (χ2v) is 6.34. The zero-order valence-corrected chi connectivity index (χ0v) is 13.5. The monoisotopic (exact) mass is 299 g/mol. The predicted octanol–water partition coefficient (Wildman–Crippen LogP) is 4.64. The van der Waals surface area contributed by atoms with Gasteiger partial charge >= 0.3 is 5.97 Å². The highest BCUT2D eigenvalue weighted by Crippen LogP contribution is 2.25. The van der Waals surface area contributed by atoms with E-state index in [0.717, 1.165) is 24.8 Å². The third-order valence-electron chi connectivity index (χ3n) is 4.79. The van der Waals surface area contributed by atoms with Crippen molar-refractivity contribution < 1.29 is 9.53 Å². The van der Waals surface area contributed by atoms with Crippen molar-refractivity contribution in [2.45, 2.75) is 64.5 Å². The van der Waals surface area contributed by atoms with Crippen LogP contribution in [0.5, 0.6) is 0 Å². The molecule has 1 aromatic heterocycles. The van der Waals surface area contributed by atoms with Crippen molar-refractivity contribution in [2.75, 3.05) is 0 Å². The molecule has 1 aliphatic rings. The van der Waals surface area contributed by atoms with Crippen LogP contribution < -0.4 is 0 Å². The van der Waals surface area contributed by atoms with Gasteiger partial charge in [-0.25, -0.2) is 4.79 Å². The van der Waals surface area contributed by atoms with Gasteiger partial charge in [0.2, 0.25) is 0 Å². The van der Waals surface area contributed by atoms with E-state index in [1.807, 2.05) is 17.7 Å². The second-order valence-electron chi connectivity index (χ2n) is 6.34. The first-order chi connectivity index (χ1) is 10.7. The Bertz CT molecular complexity index is 652. The number of aromatic nitrogens is 1. The molecule has 3 rings (SSSR count). The molecule has 0 amide bonds. The van der Waals surface area contributed by atoms with Gasteiger partial charge in [-0.1, -0.05) is 19.4 Å². The Labute approximate surface area is 132 Å². The zero-order chi connectivity index (χ0) is 15.5. The van der Waals surface area contributed by atoms with E-state index in [-0.39, 0.29) is 18.1 Å². The minimum atomic E-state index is -0.271. The summed E-state index contributed by atoms with van der Waals surface area (Å²) in [5, 5.41) is 1.19. The molecule has 22 heavy (non-hydrogen) atoms. The fourth-order valence-electron chi connectivity index (χ4n) is 3.33. The quantitative estimate of drug-likeness (QED) is 0.770. The van der Waals surface area contributed by atoms with E-state index in [2.05, 4.69) is 31.2 Å². The Balaban J connectivity index is 1.76. The molecule has 2 aromatic rings. The van der Waals surface area contributed by atoms with Gasteiger partial charge in [0.05, 0.1) is 0 Å². The lowest BCUT2D eigenvalue weighted by molar-refractivity contribution is -0.153. The van der Waals surface area contributed by atoms with Crippen molar-refractivity contribution in [1.29, 1.82) is 0 Å². The van der Waals surface area contributed by atoms with Crippen LogP contribution in [-0.2, 0) is 16.0 Å². The standard InChI is InChI=1S/C19H25NO2/c1-3-15-9-10-18-16(13-15)11-12-20(18)14(2)19(21)22-17-7-5-4-6-8-17/h9-14,17H,3-8H2,1-2H3. The Morgan fingerprint density at radius 3 is 2.77 bits per heavy atom. The first-order valence-electron chi connectivity index (χ1n) is 8.49. The number of rotatable bonds is 4. The zero-order valence-electron chi connectivity index (χ0n) is 13.5. The Kier molecular flexibility index (Phi) is 4.51. The number of aryl methyl sites for hydroxylation is 1. The van der Waals surface area contributed by atoms with Crippen LogP contribution in [0.3, 0.4) is 0 Å². The van der Waals surface area contributed by atoms with Crippen LogP contribution in [0.2, 0.25) is 0 Å². The van der Waals surface area contributed by atoms with Crippen LogP contribution in [0.15, 0.2) is 30.5 Å². The number of carbonyl (C=O) groups is 1. The van der Waals surface area contributed by atoms with Gasteiger partial charge in [0.25, 0.3) is 0 Å². The average Bonchev–Trinajstić information content (AvgIpc) is 2.97. The summed E-state index contributed by atoms with van der Waals surface area (Å²) in [6.45, 7) is 4.08. The fraction of sp³-hybridized carbons (Fsp3) is 0.526. The maximum Gasteiger partial charge on any atom is 0.329 e. The van der Waals surface area contributed by atoms with Gasteiger partial charge in [-0.15, -0.1) is 0 Å². The molecule has 0 N–H and O–H groups in total. The third kappa shape index (κ3) is 3.03. The molecule has 0 radical (unpaired) electrons. The van der Waals surface area contributed by atoms with Crippen LogP contribution >= 0.6 is 0 Å². The van der Waals surface area contributed by atoms with Crippen molar-refractivity contribution in [3.63, 3.8) is 0 Å². The Morgan fingerprint density at radius 2 is 2.05 bits per heavy atom. The van der Waals surface area contributed by atoms with E-state index in [9.17, 15) is 4.79 Å². The topological polar surface area (TPSA) is 31.2 Å². The molecular weight excluding hydrogens is 274 g/mol. The molecular formula is C19H25NO2. The van der Waals surface area contributed by atoms with Gasteiger partial charge in [-0.2, -0.15) is 0 Å². The molecule has 0 aliphatic heterocycles. The molecule has 1 aliphatic carbocycles. The summed E-state index contributed by atoms with van der Waals surface area (Å²) < 4.78 is 7.74. The molecule has 0 spiro atoms. The van der Waals surface area contributed by atoms with Gasteiger partial charge in [-0.05, 0) is 68.2 Å². The lowest BCUT2D eigenvalue weighted by Crippen LogP contribution is -2.26. The molecule has 1 aromatic carbocycles. The number of fused-ring (bicyclic) bond motifs is 1. The minimum Gasteiger partial charge on any atom is -0.461 e. The summed E-state index contributed by atoms with van der Waals surface area (Å²) in [6, 6.07) is 8.26. The largest absolute Gasteiger partial charge is 0.461 e. The molecule has 1 atom stereocenters. The number of hydrogen-bond acceptors (Lipinski definition) is 2. The first kappa shape index (κ1) is 15.1. The Morgan fingerprint density at radius 1 is 1.27 bits per heavy atom. The van der Waals surface area contributed by atoms with E-state index in [1.165, 1.54) is 30.2 Å². The lowest BCUT2D eigenvalue weighted by Gasteiger charge is -2.24. The van der Waals surface area contributed by atoms with E-state index in [4.69, 9.17) is 4.74 Å². The van der Waals surface area contributed by atoms with E-state index < -0.39 is 0 Å². The molecule has 1 unspecified atom stereocenters.